The van der Waals surface area contributed by atoms with E-state index in [0.29, 0.717) is 15.7 Å². The number of benzene rings is 2. The fourth-order valence-corrected chi connectivity index (χ4v) is 4.36. The van der Waals surface area contributed by atoms with Crippen molar-refractivity contribution in [3.8, 4) is 0 Å². The molecule has 0 aliphatic heterocycles. The second kappa shape index (κ2) is 6.29. The zero-order chi connectivity index (χ0) is 16.4. The van der Waals surface area contributed by atoms with E-state index in [0.717, 1.165) is 0 Å². The van der Waals surface area contributed by atoms with E-state index in [1.807, 2.05) is 0 Å². The third kappa shape index (κ3) is 3.23. The van der Waals surface area contributed by atoms with Crippen LogP contribution in [0.4, 0.5) is 4.39 Å². The lowest BCUT2D eigenvalue weighted by Gasteiger charge is -2.11. The van der Waals surface area contributed by atoms with Crippen LogP contribution in [0, 0.1) is 5.82 Å². The van der Waals surface area contributed by atoms with Crippen LogP contribution in [0.2, 0.25) is 0 Å². The van der Waals surface area contributed by atoms with Crippen molar-refractivity contribution in [2.24, 2.45) is 0 Å². The highest BCUT2D eigenvalue weighted by molar-refractivity contribution is 9.10. The van der Waals surface area contributed by atoms with Gasteiger partial charge in [-0.2, -0.15) is 0 Å². The van der Waals surface area contributed by atoms with Gasteiger partial charge in [-0.25, -0.2) is 16.8 Å². The van der Waals surface area contributed by atoms with E-state index in [1.54, 1.807) is 42.5 Å². The molecule has 0 unspecified atom stereocenters. The quantitative estimate of drug-likeness (QED) is 0.665. The molecule has 1 heterocycles. The van der Waals surface area contributed by atoms with Gasteiger partial charge >= 0.3 is 0 Å². The predicted molar refractivity (Wildman–Crippen MR) is 90.4 cm³/mol. The highest BCUT2D eigenvalue weighted by atomic mass is 79.9. The first-order chi connectivity index (χ1) is 11.0. The van der Waals surface area contributed by atoms with E-state index in [4.69, 9.17) is 0 Å². The molecule has 0 aliphatic rings. The van der Waals surface area contributed by atoms with E-state index in [2.05, 4.69) is 15.9 Å². The van der Waals surface area contributed by atoms with E-state index in [-0.39, 0.29) is 17.1 Å². The van der Waals surface area contributed by atoms with Crippen LogP contribution < -0.4 is 0 Å². The van der Waals surface area contributed by atoms with E-state index in [9.17, 15) is 12.8 Å². The summed E-state index contributed by atoms with van der Waals surface area (Å²) in [6, 6.07) is 16.2. The lowest BCUT2D eigenvalue weighted by atomic mass is 10.1. The fraction of sp³-hybridized carbons (Fsp3) is 0.0588. The second-order valence-corrected chi connectivity index (χ2v) is 7.76. The summed E-state index contributed by atoms with van der Waals surface area (Å²) >= 11 is 3.30. The van der Waals surface area contributed by atoms with E-state index >= 15 is 0 Å². The Morgan fingerprint density at radius 1 is 1.00 bits per heavy atom. The number of rotatable bonds is 4. The minimum Gasteiger partial charge on any atom is -0.244 e. The molecule has 0 saturated carbocycles. The maximum atomic E-state index is 13.9. The molecule has 0 spiro atoms. The summed E-state index contributed by atoms with van der Waals surface area (Å²) in [5.74, 6) is -0.353. The van der Waals surface area contributed by atoms with Crippen molar-refractivity contribution in [1.82, 2.24) is 3.97 Å². The Labute approximate surface area is 142 Å². The molecule has 0 N–H and O–H groups in total. The Kier molecular flexibility index (Phi) is 4.37. The molecular formula is C17H13BrFNO2S. The summed E-state index contributed by atoms with van der Waals surface area (Å²) in [5, 5.41) is 0. The van der Waals surface area contributed by atoms with Crippen molar-refractivity contribution >= 4 is 26.0 Å². The first-order valence-electron chi connectivity index (χ1n) is 6.89. The lowest BCUT2D eigenvalue weighted by Crippen LogP contribution is -2.15. The van der Waals surface area contributed by atoms with Crippen molar-refractivity contribution in [3.05, 3.63) is 88.4 Å². The van der Waals surface area contributed by atoms with Gasteiger partial charge < -0.3 is 0 Å². The molecule has 3 rings (SSSR count). The first kappa shape index (κ1) is 16.0. The SMILES string of the molecule is O=S(=O)(c1ccccc1)n1cc(Br)cc1Cc1ccccc1F. The van der Waals surface area contributed by atoms with Gasteiger partial charge in [-0.05, 0) is 45.8 Å². The van der Waals surface area contributed by atoms with Gasteiger partial charge in [0.2, 0.25) is 0 Å². The molecule has 118 valence electrons. The molecule has 2 aromatic carbocycles. The van der Waals surface area contributed by atoms with Crippen LogP contribution in [-0.2, 0) is 16.4 Å². The Bertz CT molecular complexity index is 936. The Balaban J connectivity index is 2.07. The summed E-state index contributed by atoms with van der Waals surface area (Å²) in [4.78, 5) is 0.192. The molecule has 0 radical (unpaired) electrons. The molecule has 0 saturated heterocycles. The highest BCUT2D eigenvalue weighted by Gasteiger charge is 2.21. The molecule has 3 aromatic rings. The Hall–Kier alpha value is -1.92. The maximum Gasteiger partial charge on any atom is 0.267 e. The van der Waals surface area contributed by atoms with Crippen molar-refractivity contribution in [2.75, 3.05) is 0 Å². The minimum absolute atomic E-state index is 0.185. The van der Waals surface area contributed by atoms with Crippen molar-refractivity contribution in [1.29, 1.82) is 0 Å². The summed E-state index contributed by atoms with van der Waals surface area (Å²) in [6.07, 6.45) is 1.67. The van der Waals surface area contributed by atoms with E-state index in [1.165, 1.54) is 28.4 Å². The summed E-state index contributed by atoms with van der Waals surface area (Å²) in [5.41, 5.74) is 0.938. The molecule has 0 amide bonds. The van der Waals surface area contributed by atoms with Crippen molar-refractivity contribution in [3.63, 3.8) is 0 Å². The van der Waals surface area contributed by atoms with Crippen LogP contribution in [0.15, 0.2) is 76.2 Å². The van der Waals surface area contributed by atoms with E-state index < -0.39 is 10.0 Å². The number of hydrogen-bond donors (Lipinski definition) is 0. The van der Waals surface area contributed by atoms with Crippen LogP contribution >= 0.6 is 15.9 Å². The first-order valence-corrected chi connectivity index (χ1v) is 9.12. The van der Waals surface area contributed by atoms with Crippen LogP contribution in [0.5, 0.6) is 0 Å². The zero-order valence-electron chi connectivity index (χ0n) is 12.0. The van der Waals surface area contributed by atoms with Crippen molar-refractivity contribution < 1.29 is 12.8 Å². The molecular weight excluding hydrogens is 381 g/mol. The lowest BCUT2D eigenvalue weighted by molar-refractivity contribution is 0.584. The van der Waals surface area contributed by atoms with Gasteiger partial charge in [-0.3, -0.25) is 0 Å². The second-order valence-electron chi connectivity index (χ2n) is 5.03. The van der Waals surface area contributed by atoms with Gasteiger partial charge in [0.1, 0.15) is 5.82 Å². The third-order valence-corrected chi connectivity index (χ3v) is 5.62. The Morgan fingerprint density at radius 2 is 1.65 bits per heavy atom. The number of aromatic nitrogens is 1. The molecule has 3 nitrogen and oxygen atoms in total. The largest absolute Gasteiger partial charge is 0.267 e. The minimum atomic E-state index is -3.72. The molecule has 0 bridgehead atoms. The van der Waals surface area contributed by atoms with Crippen LogP contribution in [0.3, 0.4) is 0 Å². The predicted octanol–water partition coefficient (Wildman–Crippen LogP) is 4.22. The summed E-state index contributed by atoms with van der Waals surface area (Å²) < 4.78 is 41.3. The topological polar surface area (TPSA) is 39.1 Å². The number of halogens is 2. The molecule has 0 atom stereocenters. The normalized spacial score (nSPS) is 11.6. The summed E-state index contributed by atoms with van der Waals surface area (Å²) in [6.45, 7) is 0. The molecule has 0 fully saturated rings. The standard InChI is InChI=1S/C17H13BrFNO2S/c18-14-11-15(10-13-6-4-5-9-17(13)19)20(12-14)23(21,22)16-7-2-1-3-8-16/h1-9,11-12H,10H2. The molecule has 23 heavy (non-hydrogen) atoms. The maximum absolute atomic E-state index is 13.9. The average molecular weight is 394 g/mol. The van der Waals surface area contributed by atoms with Gasteiger partial charge in [0.25, 0.3) is 10.0 Å². The average Bonchev–Trinajstić information content (AvgIpc) is 2.92. The number of hydrogen-bond acceptors (Lipinski definition) is 2. The third-order valence-electron chi connectivity index (χ3n) is 3.46. The highest BCUT2D eigenvalue weighted by Crippen LogP contribution is 2.24. The summed E-state index contributed by atoms with van der Waals surface area (Å²) in [7, 11) is -3.72. The van der Waals surface area contributed by atoms with Gasteiger partial charge in [0.15, 0.2) is 0 Å². The number of nitrogens with zero attached hydrogens (tertiary/aromatic N) is 1. The van der Waals surface area contributed by atoms with Crippen LogP contribution in [-0.4, -0.2) is 12.4 Å². The zero-order valence-corrected chi connectivity index (χ0v) is 14.4. The van der Waals surface area contributed by atoms with Crippen LogP contribution in [0.1, 0.15) is 11.3 Å². The fourth-order valence-electron chi connectivity index (χ4n) is 2.35. The monoisotopic (exact) mass is 393 g/mol. The molecule has 0 aliphatic carbocycles. The smallest absolute Gasteiger partial charge is 0.244 e. The van der Waals surface area contributed by atoms with Gasteiger partial charge in [-0.15, -0.1) is 0 Å². The molecule has 6 heteroatoms. The van der Waals surface area contributed by atoms with Crippen LogP contribution in [0.25, 0.3) is 0 Å². The Morgan fingerprint density at radius 3 is 2.35 bits per heavy atom. The van der Waals surface area contributed by atoms with Gasteiger partial charge in [0, 0.05) is 22.8 Å². The molecule has 1 aromatic heterocycles. The van der Waals surface area contributed by atoms with Gasteiger partial charge in [0.05, 0.1) is 4.90 Å². The van der Waals surface area contributed by atoms with Crippen molar-refractivity contribution in [2.45, 2.75) is 11.3 Å². The van der Waals surface area contributed by atoms with Gasteiger partial charge in [-0.1, -0.05) is 36.4 Å².